The number of pyridine rings is 1. The molecule has 2 N–H and O–H groups in total. The molecule has 29 heavy (non-hydrogen) atoms. The molecule has 0 spiro atoms. The molecule has 1 aromatic carbocycles. The first kappa shape index (κ1) is 18.8. The molecule has 4 rings (SSSR count). The molecule has 0 amide bonds. The second-order valence-electron chi connectivity index (χ2n) is 6.11. The zero-order valence-electron chi connectivity index (χ0n) is 15.3. The average molecular weight is 397 g/mol. The van der Waals surface area contributed by atoms with E-state index in [0.717, 1.165) is 6.42 Å². The Morgan fingerprint density at radius 3 is 2.69 bits per heavy atom. The molecule has 4 aromatic rings. The summed E-state index contributed by atoms with van der Waals surface area (Å²) in [4.78, 5) is 12.1. The van der Waals surface area contributed by atoms with Crippen LogP contribution in [0.25, 0.3) is 16.9 Å². The fourth-order valence-corrected chi connectivity index (χ4v) is 2.75. The van der Waals surface area contributed by atoms with Crippen molar-refractivity contribution in [3.63, 3.8) is 0 Å². The summed E-state index contributed by atoms with van der Waals surface area (Å²) in [5.74, 6) is -1.77. The summed E-state index contributed by atoms with van der Waals surface area (Å²) < 4.78 is 41.8. The number of nitrogens with zero attached hydrogens (tertiary/aromatic N) is 4. The van der Waals surface area contributed by atoms with Gasteiger partial charge in [0.1, 0.15) is 5.75 Å². The molecule has 0 aliphatic rings. The maximum atomic E-state index is 14.7. The van der Waals surface area contributed by atoms with Gasteiger partial charge in [0.15, 0.2) is 17.2 Å². The second-order valence-corrected chi connectivity index (χ2v) is 6.11. The van der Waals surface area contributed by atoms with Crippen LogP contribution in [0.3, 0.4) is 0 Å². The fourth-order valence-electron chi connectivity index (χ4n) is 2.75. The molecule has 3 heterocycles. The summed E-state index contributed by atoms with van der Waals surface area (Å²) in [7, 11) is 0. The molecular formula is C20H17F2N5O2. The minimum absolute atomic E-state index is 0.0603. The van der Waals surface area contributed by atoms with Gasteiger partial charge in [-0.15, -0.1) is 0 Å². The van der Waals surface area contributed by atoms with Gasteiger partial charge < -0.3 is 15.2 Å². The number of imidazole rings is 1. The third-order valence-electron chi connectivity index (χ3n) is 4.18. The summed E-state index contributed by atoms with van der Waals surface area (Å²) in [6.45, 7) is 1.00. The van der Waals surface area contributed by atoms with E-state index >= 15 is 0 Å². The molecule has 7 nitrogen and oxygen atoms in total. The van der Waals surface area contributed by atoms with E-state index in [4.69, 9.17) is 15.2 Å². The van der Waals surface area contributed by atoms with E-state index in [0.29, 0.717) is 30.2 Å². The van der Waals surface area contributed by atoms with Gasteiger partial charge in [-0.1, -0.05) is 0 Å². The van der Waals surface area contributed by atoms with Crippen molar-refractivity contribution < 1.29 is 18.3 Å². The number of hydrogen-bond donors (Lipinski definition) is 1. The van der Waals surface area contributed by atoms with Gasteiger partial charge in [-0.25, -0.2) is 14.4 Å². The number of hydrogen-bond acceptors (Lipinski definition) is 6. The van der Waals surface area contributed by atoms with Gasteiger partial charge in [0, 0.05) is 24.0 Å². The van der Waals surface area contributed by atoms with Gasteiger partial charge >= 0.3 is 0 Å². The van der Waals surface area contributed by atoms with E-state index in [2.05, 4.69) is 15.0 Å². The molecule has 0 radical (unpaired) electrons. The molecule has 0 aliphatic carbocycles. The smallest absolute Gasteiger partial charge is 0.219 e. The number of fused-ring (bicyclic) bond motifs is 1. The van der Waals surface area contributed by atoms with Crippen LogP contribution in [0.5, 0.6) is 17.4 Å². The molecule has 0 atom stereocenters. The minimum Gasteiger partial charge on any atom is -0.492 e. The number of benzene rings is 1. The molecule has 0 saturated heterocycles. The topological polar surface area (TPSA) is 87.6 Å². The van der Waals surface area contributed by atoms with Crippen LogP contribution < -0.4 is 15.2 Å². The predicted octanol–water partition coefficient (Wildman–Crippen LogP) is 3.59. The molecule has 0 aliphatic heterocycles. The Morgan fingerprint density at radius 1 is 1.00 bits per heavy atom. The van der Waals surface area contributed by atoms with Crippen LogP contribution in [0.15, 0.2) is 55.2 Å². The standard InChI is InChI=1S/C20H17F2N5O2/c21-19-14(15-11-25-17-12-24-7-8-27(15)17)3-4-16(20(19)22)29-18-5-2-13(10-26-18)28-9-1-6-23/h2-5,7-8,10-12H,1,6,9,23H2. The molecule has 0 bridgehead atoms. The highest BCUT2D eigenvalue weighted by Gasteiger charge is 2.19. The van der Waals surface area contributed by atoms with Crippen molar-refractivity contribution in [3.8, 4) is 28.6 Å². The van der Waals surface area contributed by atoms with Crippen molar-refractivity contribution in [2.45, 2.75) is 6.42 Å². The average Bonchev–Trinajstić information content (AvgIpc) is 3.17. The lowest BCUT2D eigenvalue weighted by Crippen LogP contribution is -2.06. The Morgan fingerprint density at radius 2 is 1.90 bits per heavy atom. The van der Waals surface area contributed by atoms with E-state index in [1.54, 1.807) is 22.9 Å². The number of nitrogens with two attached hydrogens (primary N) is 1. The number of aromatic nitrogens is 4. The Bertz CT molecular complexity index is 1130. The van der Waals surface area contributed by atoms with Gasteiger partial charge in [-0.2, -0.15) is 4.39 Å². The van der Waals surface area contributed by atoms with Gasteiger partial charge in [0.05, 0.1) is 30.9 Å². The quantitative estimate of drug-likeness (QED) is 0.480. The molecule has 0 fully saturated rings. The first-order chi connectivity index (χ1) is 14.2. The van der Waals surface area contributed by atoms with E-state index in [1.807, 2.05) is 0 Å². The molecule has 9 heteroatoms. The fraction of sp³-hybridized carbons (Fsp3) is 0.150. The Hall–Kier alpha value is -3.59. The summed E-state index contributed by atoms with van der Waals surface area (Å²) in [6.07, 6.45) is 8.32. The lowest BCUT2D eigenvalue weighted by molar-refractivity contribution is 0.311. The van der Waals surface area contributed by atoms with Crippen LogP contribution >= 0.6 is 0 Å². The van der Waals surface area contributed by atoms with Gasteiger partial charge in [-0.3, -0.25) is 9.38 Å². The van der Waals surface area contributed by atoms with Crippen LogP contribution in [-0.4, -0.2) is 32.5 Å². The maximum absolute atomic E-state index is 14.7. The third kappa shape index (κ3) is 3.85. The van der Waals surface area contributed by atoms with Crippen molar-refractivity contribution in [2.24, 2.45) is 5.73 Å². The summed E-state index contributed by atoms with van der Waals surface area (Å²) >= 11 is 0. The van der Waals surface area contributed by atoms with Crippen LogP contribution in [-0.2, 0) is 0 Å². The van der Waals surface area contributed by atoms with Crippen LogP contribution in [0, 0.1) is 11.6 Å². The Balaban J connectivity index is 1.56. The number of rotatable bonds is 7. The highest BCUT2D eigenvalue weighted by molar-refractivity contribution is 5.65. The van der Waals surface area contributed by atoms with Gasteiger partial charge in [-0.05, 0) is 31.2 Å². The van der Waals surface area contributed by atoms with E-state index < -0.39 is 11.6 Å². The van der Waals surface area contributed by atoms with Crippen molar-refractivity contribution in [1.29, 1.82) is 0 Å². The van der Waals surface area contributed by atoms with Crippen LogP contribution in [0.1, 0.15) is 6.42 Å². The van der Waals surface area contributed by atoms with Crippen molar-refractivity contribution in [3.05, 3.63) is 66.9 Å². The zero-order chi connectivity index (χ0) is 20.2. The Kier molecular flexibility index (Phi) is 5.30. The van der Waals surface area contributed by atoms with E-state index in [1.165, 1.54) is 36.8 Å². The molecule has 0 saturated carbocycles. The van der Waals surface area contributed by atoms with Crippen molar-refractivity contribution >= 4 is 5.65 Å². The number of ether oxygens (including phenoxy) is 2. The van der Waals surface area contributed by atoms with Crippen molar-refractivity contribution in [2.75, 3.05) is 13.2 Å². The first-order valence-corrected chi connectivity index (χ1v) is 8.89. The normalized spacial score (nSPS) is 11.0. The molecule has 3 aromatic heterocycles. The van der Waals surface area contributed by atoms with E-state index in [9.17, 15) is 8.78 Å². The largest absolute Gasteiger partial charge is 0.492 e. The maximum Gasteiger partial charge on any atom is 0.219 e. The predicted molar refractivity (Wildman–Crippen MR) is 102 cm³/mol. The molecule has 0 unspecified atom stereocenters. The number of halogens is 2. The minimum atomic E-state index is -1.11. The first-order valence-electron chi connectivity index (χ1n) is 8.89. The van der Waals surface area contributed by atoms with Crippen LogP contribution in [0.4, 0.5) is 8.78 Å². The van der Waals surface area contributed by atoms with Gasteiger partial charge in [0.2, 0.25) is 11.7 Å². The second kappa shape index (κ2) is 8.19. The molecular weight excluding hydrogens is 380 g/mol. The molecule has 148 valence electrons. The summed E-state index contributed by atoms with van der Waals surface area (Å²) in [5.41, 5.74) is 6.40. The third-order valence-corrected chi connectivity index (χ3v) is 4.18. The SMILES string of the molecule is NCCCOc1ccc(Oc2ccc(-c3cnc4cnccn34)c(F)c2F)nc1. The van der Waals surface area contributed by atoms with Gasteiger partial charge in [0.25, 0.3) is 0 Å². The zero-order valence-corrected chi connectivity index (χ0v) is 15.3. The lowest BCUT2D eigenvalue weighted by atomic mass is 10.1. The van der Waals surface area contributed by atoms with E-state index in [-0.39, 0.29) is 17.2 Å². The Labute approximate surface area is 164 Å². The lowest BCUT2D eigenvalue weighted by Gasteiger charge is -2.10. The monoisotopic (exact) mass is 397 g/mol. The summed E-state index contributed by atoms with van der Waals surface area (Å²) in [5, 5.41) is 0. The highest BCUT2D eigenvalue weighted by atomic mass is 19.2. The van der Waals surface area contributed by atoms with Crippen LogP contribution in [0.2, 0.25) is 0 Å². The van der Waals surface area contributed by atoms with Crippen molar-refractivity contribution in [1.82, 2.24) is 19.4 Å². The summed E-state index contributed by atoms with van der Waals surface area (Å²) in [6, 6.07) is 5.93. The highest BCUT2D eigenvalue weighted by Crippen LogP contribution is 2.32.